The molecule has 1 aliphatic heterocycles. The van der Waals surface area contributed by atoms with E-state index in [0.717, 1.165) is 58.1 Å². The van der Waals surface area contributed by atoms with Crippen molar-refractivity contribution in [1.82, 2.24) is 39.7 Å². The van der Waals surface area contributed by atoms with Crippen LogP contribution in [0.5, 0.6) is 0 Å². The van der Waals surface area contributed by atoms with Crippen LogP contribution in [0.15, 0.2) is 59.8 Å². The first kappa shape index (κ1) is 21.2. The summed E-state index contributed by atoms with van der Waals surface area (Å²) in [6.07, 6.45) is 4.73. The number of fused-ring (bicyclic) bond motifs is 1. The number of aromatic nitrogens is 8. The quantitative estimate of drug-likeness (QED) is 0.398. The number of tetrazole rings is 1. The number of H-pyrrole nitrogens is 1. The maximum atomic E-state index is 13.4. The van der Waals surface area contributed by atoms with E-state index in [2.05, 4.69) is 25.5 Å². The van der Waals surface area contributed by atoms with Crippen LogP contribution in [0.2, 0.25) is 5.02 Å². The summed E-state index contributed by atoms with van der Waals surface area (Å²) in [6, 6.07) is 12.6. The highest BCUT2D eigenvalue weighted by molar-refractivity contribution is 6.31. The van der Waals surface area contributed by atoms with Crippen LogP contribution in [0.3, 0.4) is 0 Å². The first-order valence-corrected chi connectivity index (χ1v) is 11.4. The van der Waals surface area contributed by atoms with E-state index in [1.807, 2.05) is 35.8 Å². The van der Waals surface area contributed by atoms with Crippen molar-refractivity contribution < 1.29 is 0 Å². The first-order valence-electron chi connectivity index (χ1n) is 11.0. The molecular weight excluding hydrogens is 466 g/mol. The van der Waals surface area contributed by atoms with Crippen LogP contribution in [0, 0.1) is 6.92 Å². The summed E-state index contributed by atoms with van der Waals surface area (Å²) in [5, 5.41) is 12.0. The third kappa shape index (κ3) is 3.68. The molecule has 5 heterocycles. The number of nitrogens with two attached hydrogens (primary N) is 1. The number of anilines is 1. The van der Waals surface area contributed by atoms with E-state index < -0.39 is 0 Å². The van der Waals surface area contributed by atoms with Gasteiger partial charge in [-0.05, 0) is 72.2 Å². The second-order valence-electron chi connectivity index (χ2n) is 8.47. The van der Waals surface area contributed by atoms with Gasteiger partial charge in [0.05, 0.1) is 23.1 Å². The Morgan fingerprint density at radius 1 is 1.14 bits per heavy atom. The van der Waals surface area contributed by atoms with Crippen molar-refractivity contribution in [3.63, 3.8) is 0 Å². The Labute approximate surface area is 204 Å². The molecule has 11 heteroatoms. The minimum Gasteiger partial charge on any atom is -0.384 e. The zero-order chi connectivity index (χ0) is 24.1. The molecule has 0 bridgehead atoms. The van der Waals surface area contributed by atoms with Gasteiger partial charge in [0.2, 0.25) is 0 Å². The highest BCUT2D eigenvalue weighted by atomic mass is 35.5. The van der Waals surface area contributed by atoms with Crippen molar-refractivity contribution in [3.05, 3.63) is 87.6 Å². The number of pyridine rings is 2. The summed E-state index contributed by atoms with van der Waals surface area (Å²) in [5.41, 5.74) is 11.4. The van der Waals surface area contributed by atoms with Gasteiger partial charge >= 0.3 is 0 Å². The molecule has 1 aromatic carbocycles. The van der Waals surface area contributed by atoms with Gasteiger partial charge < -0.3 is 15.3 Å². The van der Waals surface area contributed by atoms with Crippen LogP contribution >= 0.6 is 11.6 Å². The van der Waals surface area contributed by atoms with Crippen molar-refractivity contribution in [2.45, 2.75) is 25.8 Å². The number of hydrogen-bond acceptors (Lipinski definition) is 7. The van der Waals surface area contributed by atoms with Gasteiger partial charge in [-0.1, -0.05) is 11.6 Å². The average Bonchev–Trinajstić information content (AvgIpc) is 3.59. The molecule has 4 aromatic heterocycles. The topological polar surface area (TPSA) is 133 Å². The minimum atomic E-state index is -0.181. The molecule has 0 fully saturated rings. The van der Waals surface area contributed by atoms with E-state index in [1.165, 1.54) is 6.33 Å². The van der Waals surface area contributed by atoms with Gasteiger partial charge in [0.1, 0.15) is 18.0 Å². The second kappa shape index (κ2) is 8.17. The lowest BCUT2D eigenvalue weighted by Gasteiger charge is -2.15. The minimum absolute atomic E-state index is 0.104. The summed E-state index contributed by atoms with van der Waals surface area (Å²) in [7, 11) is 0. The molecule has 0 radical (unpaired) electrons. The molecule has 0 saturated carbocycles. The standard InChI is InChI=1S/C24H20ClN9O/c1-13-23(14-2-7-21(26)27-11-14)30-24(29-13)20-6-4-17-8-15(9-22(35)34(17)20)18-10-16(25)3-5-19(18)33-12-28-31-32-33/h2-3,5,7-12,20H,4,6H2,1H3,(H2,26,27)(H,29,30)/t20-/m0/s1. The van der Waals surface area contributed by atoms with Crippen LogP contribution < -0.4 is 11.3 Å². The molecule has 0 spiro atoms. The molecule has 5 aromatic rings. The average molecular weight is 486 g/mol. The fourth-order valence-corrected chi connectivity index (χ4v) is 4.87. The summed E-state index contributed by atoms with van der Waals surface area (Å²) in [5.74, 6) is 1.21. The molecule has 1 atom stereocenters. The number of imidazole rings is 1. The number of benzene rings is 1. The van der Waals surface area contributed by atoms with Crippen LogP contribution in [-0.2, 0) is 6.42 Å². The molecule has 35 heavy (non-hydrogen) atoms. The Bertz CT molecular complexity index is 1600. The first-order chi connectivity index (χ1) is 17.0. The molecule has 0 unspecified atom stereocenters. The maximum absolute atomic E-state index is 13.4. The highest BCUT2D eigenvalue weighted by Gasteiger charge is 2.29. The van der Waals surface area contributed by atoms with Crippen LogP contribution in [-0.4, -0.2) is 39.7 Å². The van der Waals surface area contributed by atoms with E-state index >= 15 is 0 Å². The third-order valence-electron chi connectivity index (χ3n) is 6.29. The Balaban J connectivity index is 1.41. The van der Waals surface area contributed by atoms with Gasteiger partial charge in [-0.3, -0.25) is 4.79 Å². The second-order valence-corrected chi connectivity index (χ2v) is 8.90. The van der Waals surface area contributed by atoms with E-state index in [1.54, 1.807) is 29.1 Å². The SMILES string of the molecule is Cc1nc([C@@H]2CCc3cc(-c4cc(Cl)ccc4-n4cnnn4)cc(=O)n32)[nH]c1-c1ccc(N)nc1. The molecule has 174 valence electrons. The number of nitrogens with zero attached hydrogens (tertiary/aromatic N) is 7. The van der Waals surface area contributed by atoms with Crippen LogP contribution in [0.4, 0.5) is 5.82 Å². The number of rotatable bonds is 4. The largest absolute Gasteiger partial charge is 0.384 e. The number of halogens is 1. The number of aromatic amines is 1. The van der Waals surface area contributed by atoms with E-state index in [0.29, 0.717) is 10.8 Å². The molecule has 3 N–H and O–H groups in total. The lowest BCUT2D eigenvalue weighted by Crippen LogP contribution is -2.24. The summed E-state index contributed by atoms with van der Waals surface area (Å²) in [6.45, 7) is 1.94. The van der Waals surface area contributed by atoms with Crippen molar-refractivity contribution in [2.75, 3.05) is 5.73 Å². The molecule has 0 saturated heterocycles. The van der Waals surface area contributed by atoms with Crippen molar-refractivity contribution in [3.8, 4) is 28.1 Å². The monoisotopic (exact) mass is 485 g/mol. The predicted molar refractivity (Wildman–Crippen MR) is 131 cm³/mol. The molecular formula is C24H20ClN9O. The predicted octanol–water partition coefficient (Wildman–Crippen LogP) is 3.36. The van der Waals surface area contributed by atoms with E-state index in [9.17, 15) is 4.79 Å². The van der Waals surface area contributed by atoms with Gasteiger partial charge in [-0.25, -0.2) is 9.97 Å². The van der Waals surface area contributed by atoms with Gasteiger partial charge in [-0.15, -0.1) is 5.10 Å². The van der Waals surface area contributed by atoms with Gasteiger partial charge in [0.25, 0.3) is 5.56 Å². The third-order valence-corrected chi connectivity index (χ3v) is 6.53. The molecule has 10 nitrogen and oxygen atoms in total. The van der Waals surface area contributed by atoms with Crippen molar-refractivity contribution in [1.29, 1.82) is 0 Å². The smallest absolute Gasteiger partial charge is 0.252 e. The van der Waals surface area contributed by atoms with Crippen molar-refractivity contribution in [2.24, 2.45) is 0 Å². The zero-order valence-corrected chi connectivity index (χ0v) is 19.4. The maximum Gasteiger partial charge on any atom is 0.252 e. The van der Waals surface area contributed by atoms with Gasteiger partial charge in [0.15, 0.2) is 0 Å². The Morgan fingerprint density at radius 3 is 2.80 bits per heavy atom. The van der Waals surface area contributed by atoms with E-state index in [4.69, 9.17) is 22.3 Å². The Morgan fingerprint density at radius 2 is 2.03 bits per heavy atom. The fraction of sp³-hybridized carbons (Fsp3) is 0.167. The number of aryl methyl sites for hydroxylation is 2. The molecule has 0 aliphatic carbocycles. The summed E-state index contributed by atoms with van der Waals surface area (Å²) < 4.78 is 3.37. The molecule has 6 rings (SSSR count). The Kier molecular flexibility index (Phi) is 4.96. The number of nitrogens with one attached hydrogen (secondary N) is 1. The van der Waals surface area contributed by atoms with Gasteiger partial charge in [-0.2, -0.15) is 4.68 Å². The van der Waals surface area contributed by atoms with Crippen molar-refractivity contribution >= 4 is 17.4 Å². The zero-order valence-electron chi connectivity index (χ0n) is 18.7. The molecule has 1 aliphatic rings. The Hall–Kier alpha value is -4.31. The van der Waals surface area contributed by atoms with E-state index in [-0.39, 0.29) is 11.6 Å². The lowest BCUT2D eigenvalue weighted by atomic mass is 10.0. The summed E-state index contributed by atoms with van der Waals surface area (Å²) in [4.78, 5) is 25.7. The number of hydrogen-bond donors (Lipinski definition) is 2. The highest BCUT2D eigenvalue weighted by Crippen LogP contribution is 2.35. The van der Waals surface area contributed by atoms with Gasteiger partial charge in [0, 0.05) is 34.1 Å². The number of nitrogen functional groups attached to an aromatic ring is 1. The van der Waals surface area contributed by atoms with Crippen LogP contribution in [0.1, 0.15) is 29.7 Å². The molecule has 0 amide bonds. The normalized spacial score (nSPS) is 14.9. The summed E-state index contributed by atoms with van der Waals surface area (Å²) >= 11 is 6.30. The lowest BCUT2D eigenvalue weighted by molar-refractivity contribution is 0.571. The van der Waals surface area contributed by atoms with Crippen LogP contribution in [0.25, 0.3) is 28.1 Å². The fourth-order valence-electron chi connectivity index (χ4n) is 4.70.